The smallest absolute Gasteiger partial charge is 0.230 e. The van der Waals surface area contributed by atoms with E-state index in [1.165, 1.54) is 27.6 Å². The fraction of sp³-hybridized carbons (Fsp3) is 0.450. The van der Waals surface area contributed by atoms with E-state index in [9.17, 15) is 4.79 Å². The van der Waals surface area contributed by atoms with Gasteiger partial charge >= 0.3 is 0 Å². The molecular weight excluding hydrogens is 298 g/mol. The number of benzene rings is 1. The van der Waals surface area contributed by atoms with Gasteiger partial charge in [-0.1, -0.05) is 18.2 Å². The van der Waals surface area contributed by atoms with Gasteiger partial charge in [0.25, 0.3) is 0 Å². The first-order valence-corrected chi connectivity index (χ1v) is 9.02. The Kier molecular flexibility index (Phi) is 3.10. The van der Waals surface area contributed by atoms with E-state index in [1.54, 1.807) is 0 Å². The summed E-state index contributed by atoms with van der Waals surface area (Å²) in [6.07, 6.45) is 7.76. The summed E-state index contributed by atoms with van der Waals surface area (Å²) in [5.74, 6) is 0.312. The van der Waals surface area contributed by atoms with Crippen LogP contribution in [0, 0.1) is 5.92 Å². The molecule has 1 fully saturated rings. The minimum atomic E-state index is -0.00454. The van der Waals surface area contributed by atoms with Gasteiger partial charge in [-0.25, -0.2) is 0 Å². The Morgan fingerprint density at radius 3 is 2.92 bits per heavy atom. The Balaban J connectivity index is 1.59. The summed E-state index contributed by atoms with van der Waals surface area (Å²) in [4.78, 5) is 20.7. The molecule has 4 nitrogen and oxygen atoms in total. The first kappa shape index (κ1) is 14.3. The molecule has 3 heterocycles. The zero-order valence-electron chi connectivity index (χ0n) is 14.1. The van der Waals surface area contributed by atoms with Crippen LogP contribution < -0.4 is 0 Å². The maximum absolute atomic E-state index is 12.9. The number of aromatic amines is 1. The van der Waals surface area contributed by atoms with E-state index in [-0.39, 0.29) is 5.92 Å². The van der Waals surface area contributed by atoms with Crippen LogP contribution in [0.4, 0.5) is 0 Å². The summed E-state index contributed by atoms with van der Waals surface area (Å²) in [6.45, 7) is 2.70. The third kappa shape index (κ3) is 1.99. The quantitative estimate of drug-likeness (QED) is 0.877. The Labute approximate surface area is 142 Å². The van der Waals surface area contributed by atoms with Crippen molar-refractivity contribution < 1.29 is 4.79 Å². The zero-order chi connectivity index (χ0) is 16.3. The van der Waals surface area contributed by atoms with Crippen molar-refractivity contribution >= 4 is 22.4 Å². The van der Waals surface area contributed by atoms with E-state index in [4.69, 9.17) is 0 Å². The molecule has 1 amide bonds. The lowest BCUT2D eigenvalue weighted by atomic mass is 9.79. The number of H-pyrrole nitrogens is 1. The van der Waals surface area contributed by atoms with E-state index >= 15 is 0 Å². The van der Waals surface area contributed by atoms with Gasteiger partial charge in [-0.15, -0.1) is 0 Å². The maximum Gasteiger partial charge on any atom is 0.230 e. The third-order valence-corrected chi connectivity index (χ3v) is 6.00. The molecule has 0 spiro atoms. The molecule has 1 N–H and O–H groups in total. The molecule has 1 aromatic carbocycles. The van der Waals surface area contributed by atoms with Crippen molar-refractivity contribution in [1.29, 1.82) is 0 Å². The van der Waals surface area contributed by atoms with Gasteiger partial charge in [0.1, 0.15) is 0 Å². The molecule has 0 unspecified atom stereocenters. The number of likely N-dealkylation sites (tertiary alicyclic amines) is 1. The number of aromatic nitrogens is 1. The van der Waals surface area contributed by atoms with Crippen molar-refractivity contribution in [3.8, 4) is 0 Å². The maximum atomic E-state index is 12.9. The molecule has 2 aliphatic heterocycles. The van der Waals surface area contributed by atoms with Crippen LogP contribution in [0.3, 0.4) is 0 Å². The fourth-order valence-corrected chi connectivity index (χ4v) is 4.78. The summed E-state index contributed by atoms with van der Waals surface area (Å²) in [6, 6.07) is 6.87. The lowest BCUT2D eigenvalue weighted by Crippen LogP contribution is -2.47. The SMILES string of the molecule is CN1C[C@H](C(=O)N2CCCC2)C=C2c3cccc4[nH]cc(c34)C[C@H]21. The van der Waals surface area contributed by atoms with Gasteiger partial charge in [-0.2, -0.15) is 0 Å². The highest BCUT2D eigenvalue weighted by atomic mass is 16.2. The van der Waals surface area contributed by atoms with Gasteiger partial charge in [-0.3, -0.25) is 9.69 Å². The van der Waals surface area contributed by atoms with Crippen LogP contribution in [0.15, 0.2) is 30.5 Å². The lowest BCUT2D eigenvalue weighted by molar-refractivity contribution is -0.133. The van der Waals surface area contributed by atoms with Gasteiger partial charge in [0, 0.05) is 42.8 Å². The molecule has 5 rings (SSSR count). The summed E-state index contributed by atoms with van der Waals surface area (Å²) < 4.78 is 0. The average Bonchev–Trinajstić information content (AvgIpc) is 3.26. The minimum Gasteiger partial charge on any atom is -0.361 e. The number of nitrogens with one attached hydrogen (secondary N) is 1. The van der Waals surface area contributed by atoms with Crippen molar-refractivity contribution in [2.75, 3.05) is 26.7 Å². The van der Waals surface area contributed by atoms with Gasteiger partial charge in [0.05, 0.1) is 5.92 Å². The molecule has 0 radical (unpaired) electrons. The molecular formula is C20H23N3O. The topological polar surface area (TPSA) is 39.3 Å². The van der Waals surface area contributed by atoms with Crippen LogP contribution in [0.2, 0.25) is 0 Å². The number of nitrogens with zero attached hydrogens (tertiary/aromatic N) is 2. The second kappa shape index (κ2) is 5.21. The second-order valence-corrected chi connectivity index (χ2v) is 7.46. The lowest BCUT2D eigenvalue weighted by Gasteiger charge is -2.40. The minimum absolute atomic E-state index is 0.00454. The van der Waals surface area contributed by atoms with Crippen molar-refractivity contribution in [3.63, 3.8) is 0 Å². The monoisotopic (exact) mass is 321 g/mol. The molecule has 2 aromatic rings. The number of amides is 1. The third-order valence-electron chi connectivity index (χ3n) is 6.00. The zero-order valence-corrected chi connectivity index (χ0v) is 14.1. The van der Waals surface area contributed by atoms with Gasteiger partial charge in [-0.05, 0) is 49.1 Å². The van der Waals surface area contributed by atoms with E-state index < -0.39 is 0 Å². The number of fused-ring (bicyclic) bond motifs is 2. The van der Waals surface area contributed by atoms with Crippen LogP contribution in [0.1, 0.15) is 24.0 Å². The average molecular weight is 321 g/mol. The van der Waals surface area contributed by atoms with Crippen LogP contribution in [0.25, 0.3) is 16.5 Å². The predicted molar refractivity (Wildman–Crippen MR) is 95.7 cm³/mol. The Morgan fingerprint density at radius 1 is 1.25 bits per heavy atom. The molecule has 1 aliphatic carbocycles. The van der Waals surface area contributed by atoms with E-state index in [1.807, 2.05) is 0 Å². The van der Waals surface area contributed by atoms with Crippen LogP contribution in [-0.2, 0) is 11.2 Å². The van der Waals surface area contributed by atoms with E-state index in [0.717, 1.165) is 38.9 Å². The molecule has 3 aliphatic rings. The number of carbonyl (C=O) groups is 1. The van der Waals surface area contributed by atoms with Crippen LogP contribution in [0.5, 0.6) is 0 Å². The number of rotatable bonds is 1. The summed E-state index contributed by atoms with van der Waals surface area (Å²) in [7, 11) is 2.17. The Morgan fingerprint density at radius 2 is 2.08 bits per heavy atom. The molecule has 1 saturated heterocycles. The molecule has 124 valence electrons. The standard InChI is InChI=1S/C20H23N3O/c1-22-12-14(20(24)23-7-2-3-8-23)9-16-15-5-4-6-17-19(15)13(11-21-17)10-18(16)22/h4-6,9,11,14,18,21H,2-3,7-8,10,12H2,1H3/t14-,18-/m1/s1. The van der Waals surface area contributed by atoms with Crippen LogP contribution >= 0.6 is 0 Å². The number of carbonyl (C=O) groups excluding carboxylic acids is 1. The largest absolute Gasteiger partial charge is 0.361 e. The molecule has 0 bridgehead atoms. The van der Waals surface area contributed by atoms with Crippen molar-refractivity contribution in [2.45, 2.75) is 25.3 Å². The number of hydrogen-bond donors (Lipinski definition) is 1. The molecule has 0 saturated carbocycles. The highest BCUT2D eigenvalue weighted by molar-refractivity contribution is 5.99. The van der Waals surface area contributed by atoms with Gasteiger partial charge < -0.3 is 9.88 Å². The van der Waals surface area contributed by atoms with Crippen molar-refractivity contribution in [1.82, 2.24) is 14.8 Å². The number of hydrogen-bond acceptors (Lipinski definition) is 2. The summed E-state index contributed by atoms with van der Waals surface area (Å²) in [5, 5.41) is 1.35. The summed E-state index contributed by atoms with van der Waals surface area (Å²) >= 11 is 0. The molecule has 24 heavy (non-hydrogen) atoms. The van der Waals surface area contributed by atoms with Crippen molar-refractivity contribution in [3.05, 3.63) is 41.6 Å². The normalized spacial score (nSPS) is 26.5. The Bertz CT molecular complexity index is 844. The molecule has 2 atom stereocenters. The van der Waals surface area contributed by atoms with Crippen LogP contribution in [-0.4, -0.2) is 53.4 Å². The molecule has 4 heteroatoms. The predicted octanol–water partition coefficient (Wildman–Crippen LogP) is 2.66. The summed E-state index contributed by atoms with van der Waals surface area (Å²) in [5.41, 5.74) is 5.26. The highest BCUT2D eigenvalue weighted by Gasteiger charge is 2.37. The highest BCUT2D eigenvalue weighted by Crippen LogP contribution is 2.41. The van der Waals surface area contributed by atoms with Crippen molar-refractivity contribution in [2.24, 2.45) is 5.92 Å². The van der Waals surface area contributed by atoms with Gasteiger partial charge in [0.15, 0.2) is 0 Å². The first-order valence-electron chi connectivity index (χ1n) is 9.02. The Hall–Kier alpha value is -2.07. The first-order chi connectivity index (χ1) is 11.7. The van der Waals surface area contributed by atoms with E-state index in [2.05, 4.69) is 52.3 Å². The number of likely N-dealkylation sites (N-methyl/N-ethyl adjacent to an activating group) is 1. The van der Waals surface area contributed by atoms with E-state index in [0.29, 0.717) is 11.9 Å². The second-order valence-electron chi connectivity index (χ2n) is 7.46. The fourth-order valence-electron chi connectivity index (χ4n) is 4.78. The van der Waals surface area contributed by atoms with Gasteiger partial charge in [0.2, 0.25) is 5.91 Å². The molecule has 1 aromatic heterocycles.